The van der Waals surface area contributed by atoms with Gasteiger partial charge in [0.2, 0.25) is 5.91 Å². The maximum absolute atomic E-state index is 14.2. The van der Waals surface area contributed by atoms with Gasteiger partial charge >= 0.3 is 0 Å². The number of hydrogen-bond acceptors (Lipinski definition) is 3. The van der Waals surface area contributed by atoms with Crippen LogP contribution in [0, 0.1) is 5.82 Å². The molecule has 1 aromatic heterocycles. The predicted molar refractivity (Wildman–Crippen MR) is 106 cm³/mol. The molecule has 1 atom stereocenters. The van der Waals surface area contributed by atoms with Crippen LogP contribution in [0.5, 0.6) is 0 Å². The standard InChI is InChI=1S/C21H21FN2O3S/c22-18-7-3-2-6-17(18)20-10-12-23(13-14-28(20,26)27)21(25)15-24-11-9-16-5-1-4-8-19(16)24/h1-9,11,20H,10,12-15H2. The Kier molecular flexibility index (Phi) is 4.93. The summed E-state index contributed by atoms with van der Waals surface area (Å²) in [5.74, 6) is -0.815. The Morgan fingerprint density at radius 3 is 2.61 bits per heavy atom. The third-order valence-electron chi connectivity index (χ3n) is 5.33. The maximum Gasteiger partial charge on any atom is 0.242 e. The van der Waals surface area contributed by atoms with Crippen molar-refractivity contribution < 1.29 is 17.6 Å². The van der Waals surface area contributed by atoms with E-state index in [1.54, 1.807) is 17.0 Å². The van der Waals surface area contributed by atoms with E-state index in [0.717, 1.165) is 10.9 Å². The van der Waals surface area contributed by atoms with Gasteiger partial charge in [-0.15, -0.1) is 0 Å². The number of aromatic nitrogens is 1. The zero-order valence-electron chi connectivity index (χ0n) is 15.3. The summed E-state index contributed by atoms with van der Waals surface area (Å²) < 4.78 is 41.4. The number of hydrogen-bond donors (Lipinski definition) is 0. The average Bonchev–Trinajstić information content (AvgIpc) is 3.00. The lowest BCUT2D eigenvalue weighted by Gasteiger charge is -2.20. The van der Waals surface area contributed by atoms with E-state index < -0.39 is 20.9 Å². The van der Waals surface area contributed by atoms with Crippen LogP contribution >= 0.6 is 0 Å². The fraction of sp³-hybridized carbons (Fsp3) is 0.286. The van der Waals surface area contributed by atoms with Crippen LogP contribution < -0.4 is 0 Å². The molecule has 0 bridgehead atoms. The van der Waals surface area contributed by atoms with Crippen LogP contribution in [0.2, 0.25) is 0 Å². The Balaban J connectivity index is 1.53. The summed E-state index contributed by atoms with van der Waals surface area (Å²) in [6.07, 6.45) is 2.06. The van der Waals surface area contributed by atoms with Crippen LogP contribution in [0.1, 0.15) is 17.2 Å². The highest BCUT2D eigenvalue weighted by Crippen LogP contribution is 2.31. The van der Waals surface area contributed by atoms with Gasteiger partial charge in [-0.1, -0.05) is 36.4 Å². The molecule has 1 aliphatic rings. The molecule has 1 aliphatic heterocycles. The molecule has 5 nitrogen and oxygen atoms in total. The maximum atomic E-state index is 14.2. The third-order valence-corrected chi connectivity index (χ3v) is 7.44. The van der Waals surface area contributed by atoms with Gasteiger partial charge in [-0.2, -0.15) is 0 Å². The largest absolute Gasteiger partial charge is 0.340 e. The molecule has 7 heteroatoms. The second-order valence-corrected chi connectivity index (χ2v) is 9.35. The van der Waals surface area contributed by atoms with Gasteiger partial charge in [-0.3, -0.25) is 4.79 Å². The number of benzene rings is 2. The van der Waals surface area contributed by atoms with Crippen molar-refractivity contribution in [3.05, 3.63) is 72.2 Å². The topological polar surface area (TPSA) is 59.4 Å². The van der Waals surface area contributed by atoms with Gasteiger partial charge < -0.3 is 9.47 Å². The number of para-hydroxylation sites is 1. The Labute approximate surface area is 163 Å². The molecule has 0 aliphatic carbocycles. The fourth-order valence-corrected chi connectivity index (χ4v) is 5.60. The Morgan fingerprint density at radius 2 is 1.79 bits per heavy atom. The van der Waals surface area contributed by atoms with E-state index in [-0.39, 0.29) is 43.3 Å². The summed E-state index contributed by atoms with van der Waals surface area (Å²) in [7, 11) is -3.54. The summed E-state index contributed by atoms with van der Waals surface area (Å²) in [5, 5.41) is 0.132. The van der Waals surface area contributed by atoms with Gasteiger partial charge in [0.15, 0.2) is 9.84 Å². The van der Waals surface area contributed by atoms with E-state index in [0.29, 0.717) is 0 Å². The number of carbonyl (C=O) groups is 1. The number of nitrogens with zero attached hydrogens (tertiary/aromatic N) is 2. The zero-order chi connectivity index (χ0) is 19.7. The fourth-order valence-electron chi connectivity index (χ4n) is 3.80. The van der Waals surface area contributed by atoms with Crippen LogP contribution in [0.4, 0.5) is 4.39 Å². The van der Waals surface area contributed by atoms with Gasteiger partial charge in [-0.05, 0) is 30.0 Å². The minimum Gasteiger partial charge on any atom is -0.340 e. The van der Waals surface area contributed by atoms with Crippen molar-refractivity contribution >= 4 is 26.6 Å². The number of rotatable bonds is 3. The summed E-state index contributed by atoms with van der Waals surface area (Å²) >= 11 is 0. The molecular formula is C21H21FN2O3S. The highest BCUT2D eigenvalue weighted by molar-refractivity contribution is 7.91. The molecule has 1 fully saturated rings. The van der Waals surface area contributed by atoms with E-state index in [1.165, 1.54) is 12.1 Å². The molecule has 2 aromatic carbocycles. The van der Waals surface area contributed by atoms with Crippen LogP contribution in [0.25, 0.3) is 10.9 Å². The molecule has 1 saturated heterocycles. The van der Waals surface area contributed by atoms with Gasteiger partial charge in [0.1, 0.15) is 12.4 Å². The normalized spacial score (nSPS) is 19.5. The minimum atomic E-state index is -3.54. The van der Waals surface area contributed by atoms with Crippen molar-refractivity contribution in [1.82, 2.24) is 9.47 Å². The first-order valence-corrected chi connectivity index (χ1v) is 10.9. The number of amides is 1. The lowest BCUT2D eigenvalue weighted by atomic mass is 10.1. The molecule has 1 unspecified atom stereocenters. The van der Waals surface area contributed by atoms with E-state index in [4.69, 9.17) is 0 Å². The molecule has 0 spiro atoms. The highest BCUT2D eigenvalue weighted by atomic mass is 32.2. The molecule has 3 aromatic rings. The molecule has 2 heterocycles. The van der Waals surface area contributed by atoms with Gasteiger partial charge in [-0.25, -0.2) is 12.8 Å². The smallest absolute Gasteiger partial charge is 0.242 e. The Morgan fingerprint density at radius 1 is 1.04 bits per heavy atom. The second-order valence-electron chi connectivity index (χ2n) is 7.05. The van der Waals surface area contributed by atoms with Crippen LogP contribution in [-0.2, 0) is 21.2 Å². The van der Waals surface area contributed by atoms with Crippen molar-refractivity contribution in [2.24, 2.45) is 0 Å². The molecule has 0 N–H and O–H groups in total. The van der Waals surface area contributed by atoms with Gasteiger partial charge in [0.25, 0.3) is 0 Å². The molecular weight excluding hydrogens is 379 g/mol. The van der Waals surface area contributed by atoms with Gasteiger partial charge in [0, 0.05) is 30.4 Å². The Bertz CT molecular complexity index is 1120. The number of fused-ring (bicyclic) bond motifs is 1. The quantitative estimate of drug-likeness (QED) is 0.679. The Hall–Kier alpha value is -2.67. The molecule has 4 rings (SSSR count). The number of sulfone groups is 1. The molecule has 28 heavy (non-hydrogen) atoms. The summed E-state index contributed by atoms with van der Waals surface area (Å²) in [4.78, 5) is 14.4. The summed E-state index contributed by atoms with van der Waals surface area (Å²) in [6.45, 7) is 0.569. The van der Waals surface area contributed by atoms with Crippen molar-refractivity contribution in [2.75, 3.05) is 18.8 Å². The molecule has 0 saturated carbocycles. The lowest BCUT2D eigenvalue weighted by molar-refractivity contribution is -0.131. The van der Waals surface area contributed by atoms with E-state index in [1.807, 2.05) is 41.1 Å². The first-order chi connectivity index (χ1) is 13.5. The zero-order valence-corrected chi connectivity index (χ0v) is 16.1. The summed E-state index contributed by atoms with van der Waals surface area (Å²) in [5.41, 5.74) is 1.15. The van der Waals surface area contributed by atoms with E-state index >= 15 is 0 Å². The first-order valence-electron chi connectivity index (χ1n) is 9.23. The first kappa shape index (κ1) is 18.7. The van der Waals surface area contributed by atoms with Crippen molar-refractivity contribution in [3.8, 4) is 0 Å². The van der Waals surface area contributed by atoms with Gasteiger partial charge in [0.05, 0.1) is 11.0 Å². The lowest BCUT2D eigenvalue weighted by Crippen LogP contribution is -2.35. The predicted octanol–water partition coefficient (Wildman–Crippen LogP) is 3.17. The van der Waals surface area contributed by atoms with E-state index in [2.05, 4.69) is 0 Å². The minimum absolute atomic E-state index is 0.130. The summed E-state index contributed by atoms with van der Waals surface area (Å²) in [6, 6.07) is 15.7. The highest BCUT2D eigenvalue weighted by Gasteiger charge is 2.34. The van der Waals surface area contributed by atoms with Crippen molar-refractivity contribution in [1.29, 1.82) is 0 Å². The molecule has 0 radical (unpaired) electrons. The van der Waals surface area contributed by atoms with E-state index in [9.17, 15) is 17.6 Å². The molecule has 146 valence electrons. The monoisotopic (exact) mass is 400 g/mol. The van der Waals surface area contributed by atoms with Crippen molar-refractivity contribution in [3.63, 3.8) is 0 Å². The second kappa shape index (κ2) is 7.39. The number of halogens is 1. The van der Waals surface area contributed by atoms with Crippen molar-refractivity contribution in [2.45, 2.75) is 18.2 Å². The SMILES string of the molecule is O=C(Cn1ccc2ccccc21)N1CCC(c2ccccc2F)S(=O)(=O)CC1. The van der Waals surface area contributed by atoms with Crippen LogP contribution in [0.3, 0.4) is 0 Å². The third kappa shape index (κ3) is 3.54. The number of carbonyl (C=O) groups excluding carboxylic acids is 1. The van der Waals surface area contributed by atoms with Crippen LogP contribution in [-0.4, -0.2) is 42.6 Å². The molecule has 1 amide bonds. The average molecular weight is 400 g/mol. The van der Waals surface area contributed by atoms with Crippen LogP contribution in [0.15, 0.2) is 60.8 Å².